The molecule has 1 aliphatic heterocycles. The smallest absolute Gasteiger partial charge is 0.0828 e. The van der Waals surface area contributed by atoms with Gasteiger partial charge in [-0.25, -0.2) is 0 Å². The summed E-state index contributed by atoms with van der Waals surface area (Å²) in [6.45, 7) is 2.54. The Kier molecular flexibility index (Phi) is 2.83. The molecule has 3 heteroatoms. The largest absolute Gasteiger partial charge is 0.371 e. The Bertz CT molecular complexity index is 286. The van der Waals surface area contributed by atoms with Gasteiger partial charge in [-0.1, -0.05) is 29.8 Å². The van der Waals surface area contributed by atoms with E-state index in [0.717, 1.165) is 23.7 Å². The van der Waals surface area contributed by atoms with Gasteiger partial charge in [0.2, 0.25) is 0 Å². The number of rotatable bonds is 3. The maximum absolute atomic E-state index is 5.97. The molecule has 0 aliphatic carbocycles. The highest BCUT2D eigenvalue weighted by molar-refractivity contribution is 6.31. The van der Waals surface area contributed by atoms with Gasteiger partial charge in [-0.3, -0.25) is 0 Å². The average Bonchev–Trinajstić information content (AvgIpc) is 2.05. The van der Waals surface area contributed by atoms with Crippen LogP contribution in [-0.4, -0.2) is 19.2 Å². The zero-order valence-electron chi connectivity index (χ0n) is 7.29. The van der Waals surface area contributed by atoms with E-state index in [1.54, 1.807) is 0 Å². The summed E-state index contributed by atoms with van der Waals surface area (Å²) in [5.41, 5.74) is 1.07. The van der Waals surface area contributed by atoms with E-state index < -0.39 is 0 Å². The molecule has 1 aromatic rings. The molecular formula is C10H12ClNO. The van der Waals surface area contributed by atoms with Crippen LogP contribution in [0.2, 0.25) is 5.02 Å². The molecule has 1 N–H and O–H groups in total. The third kappa shape index (κ3) is 2.21. The zero-order valence-corrected chi connectivity index (χ0v) is 8.05. The van der Waals surface area contributed by atoms with E-state index in [4.69, 9.17) is 16.3 Å². The Morgan fingerprint density at radius 3 is 2.77 bits per heavy atom. The monoisotopic (exact) mass is 197 g/mol. The normalized spacial score (nSPS) is 17.0. The van der Waals surface area contributed by atoms with Crippen molar-refractivity contribution in [3.05, 3.63) is 34.9 Å². The van der Waals surface area contributed by atoms with Gasteiger partial charge in [0.25, 0.3) is 0 Å². The van der Waals surface area contributed by atoms with Gasteiger partial charge < -0.3 is 10.1 Å². The van der Waals surface area contributed by atoms with Crippen LogP contribution in [0.25, 0.3) is 0 Å². The second-order valence-corrected chi connectivity index (χ2v) is 3.59. The van der Waals surface area contributed by atoms with Crippen molar-refractivity contribution < 1.29 is 4.74 Å². The van der Waals surface area contributed by atoms with E-state index in [0.29, 0.717) is 12.7 Å². The fourth-order valence-electron chi connectivity index (χ4n) is 1.20. The van der Waals surface area contributed by atoms with Gasteiger partial charge in [0, 0.05) is 18.1 Å². The van der Waals surface area contributed by atoms with Crippen molar-refractivity contribution in [2.24, 2.45) is 0 Å². The second kappa shape index (κ2) is 4.09. The molecule has 0 saturated carbocycles. The van der Waals surface area contributed by atoms with Crippen LogP contribution in [0, 0.1) is 0 Å². The lowest BCUT2D eigenvalue weighted by atomic mass is 10.2. The summed E-state index contributed by atoms with van der Waals surface area (Å²) < 4.78 is 5.60. The van der Waals surface area contributed by atoms with Crippen LogP contribution >= 0.6 is 11.6 Å². The molecule has 0 bridgehead atoms. The SMILES string of the molecule is Clc1ccccc1COC1CNC1. The molecule has 0 spiro atoms. The van der Waals surface area contributed by atoms with Gasteiger partial charge >= 0.3 is 0 Å². The first-order valence-corrected chi connectivity index (χ1v) is 4.80. The minimum Gasteiger partial charge on any atom is -0.371 e. The minimum absolute atomic E-state index is 0.372. The Labute approximate surface area is 82.9 Å². The summed E-state index contributed by atoms with van der Waals surface area (Å²) in [6, 6.07) is 7.79. The first kappa shape index (κ1) is 9.00. The number of hydrogen-bond acceptors (Lipinski definition) is 2. The third-order valence-corrected chi connectivity index (χ3v) is 2.55. The maximum atomic E-state index is 5.97. The summed E-state index contributed by atoms with van der Waals surface area (Å²) in [4.78, 5) is 0. The summed E-state index contributed by atoms with van der Waals surface area (Å²) in [7, 11) is 0. The molecule has 1 fully saturated rings. The standard InChI is InChI=1S/C10H12ClNO/c11-10-4-2-1-3-8(10)7-13-9-5-12-6-9/h1-4,9,12H,5-7H2. The van der Waals surface area contributed by atoms with Crippen LogP contribution in [0.5, 0.6) is 0 Å². The summed E-state index contributed by atoms with van der Waals surface area (Å²) >= 11 is 5.97. The molecule has 0 aromatic heterocycles. The van der Waals surface area contributed by atoms with Crippen molar-refractivity contribution in [1.82, 2.24) is 5.32 Å². The molecule has 13 heavy (non-hydrogen) atoms. The van der Waals surface area contributed by atoms with Crippen molar-refractivity contribution in [2.75, 3.05) is 13.1 Å². The molecule has 1 saturated heterocycles. The van der Waals surface area contributed by atoms with Crippen molar-refractivity contribution in [1.29, 1.82) is 0 Å². The van der Waals surface area contributed by atoms with Gasteiger partial charge in [0.15, 0.2) is 0 Å². The number of ether oxygens (including phenoxy) is 1. The van der Waals surface area contributed by atoms with Crippen molar-refractivity contribution in [2.45, 2.75) is 12.7 Å². The molecule has 0 atom stereocenters. The number of halogens is 1. The van der Waals surface area contributed by atoms with Gasteiger partial charge in [0.05, 0.1) is 12.7 Å². The summed E-state index contributed by atoms with van der Waals surface area (Å²) in [6.07, 6.45) is 0.372. The second-order valence-electron chi connectivity index (χ2n) is 3.18. The lowest BCUT2D eigenvalue weighted by Crippen LogP contribution is -2.48. The first-order chi connectivity index (χ1) is 6.36. The first-order valence-electron chi connectivity index (χ1n) is 4.42. The molecule has 1 aromatic carbocycles. The predicted molar refractivity (Wildman–Crippen MR) is 52.9 cm³/mol. The molecule has 70 valence electrons. The molecule has 1 heterocycles. The van der Waals surface area contributed by atoms with E-state index in [1.807, 2.05) is 24.3 Å². The average molecular weight is 198 g/mol. The fraction of sp³-hybridized carbons (Fsp3) is 0.400. The highest BCUT2D eigenvalue weighted by atomic mass is 35.5. The van der Waals surface area contributed by atoms with Crippen LogP contribution in [0.3, 0.4) is 0 Å². The molecular weight excluding hydrogens is 186 g/mol. The van der Waals surface area contributed by atoms with Gasteiger partial charge in [-0.15, -0.1) is 0 Å². The minimum atomic E-state index is 0.372. The lowest BCUT2D eigenvalue weighted by molar-refractivity contribution is 0.00762. The van der Waals surface area contributed by atoms with Gasteiger partial charge in [0.1, 0.15) is 0 Å². The highest BCUT2D eigenvalue weighted by Crippen LogP contribution is 2.16. The quantitative estimate of drug-likeness (QED) is 0.799. The lowest BCUT2D eigenvalue weighted by Gasteiger charge is -2.27. The van der Waals surface area contributed by atoms with E-state index >= 15 is 0 Å². The van der Waals surface area contributed by atoms with Gasteiger partial charge in [-0.05, 0) is 11.6 Å². The van der Waals surface area contributed by atoms with E-state index in [9.17, 15) is 0 Å². The predicted octanol–water partition coefficient (Wildman–Crippen LogP) is 1.83. The summed E-state index contributed by atoms with van der Waals surface area (Å²) in [5, 5.41) is 3.94. The van der Waals surface area contributed by atoms with E-state index in [1.165, 1.54) is 0 Å². The van der Waals surface area contributed by atoms with Crippen molar-refractivity contribution in [3.63, 3.8) is 0 Å². The molecule has 1 aliphatic rings. The molecule has 0 unspecified atom stereocenters. The van der Waals surface area contributed by atoms with E-state index in [2.05, 4.69) is 5.32 Å². The third-order valence-electron chi connectivity index (χ3n) is 2.18. The number of benzene rings is 1. The zero-order chi connectivity index (χ0) is 9.10. The van der Waals surface area contributed by atoms with Crippen LogP contribution in [0.15, 0.2) is 24.3 Å². The Morgan fingerprint density at radius 1 is 1.38 bits per heavy atom. The Hall–Kier alpha value is -0.570. The molecule has 0 radical (unpaired) electrons. The maximum Gasteiger partial charge on any atom is 0.0828 e. The van der Waals surface area contributed by atoms with Crippen LogP contribution < -0.4 is 5.32 Å². The van der Waals surface area contributed by atoms with Gasteiger partial charge in [-0.2, -0.15) is 0 Å². The van der Waals surface area contributed by atoms with Crippen LogP contribution in [-0.2, 0) is 11.3 Å². The highest BCUT2D eigenvalue weighted by Gasteiger charge is 2.16. The molecule has 0 amide bonds. The topological polar surface area (TPSA) is 21.3 Å². The molecule has 2 rings (SSSR count). The molecule has 2 nitrogen and oxygen atoms in total. The van der Waals surface area contributed by atoms with Crippen LogP contribution in [0.4, 0.5) is 0 Å². The Balaban J connectivity index is 1.89. The van der Waals surface area contributed by atoms with E-state index in [-0.39, 0.29) is 0 Å². The fourth-order valence-corrected chi connectivity index (χ4v) is 1.39. The Morgan fingerprint density at radius 2 is 2.15 bits per heavy atom. The van der Waals surface area contributed by atoms with Crippen molar-refractivity contribution >= 4 is 11.6 Å². The number of hydrogen-bond donors (Lipinski definition) is 1. The summed E-state index contributed by atoms with van der Waals surface area (Å²) in [5.74, 6) is 0. The number of nitrogens with one attached hydrogen (secondary N) is 1. The van der Waals surface area contributed by atoms with Crippen molar-refractivity contribution in [3.8, 4) is 0 Å². The van der Waals surface area contributed by atoms with Crippen LogP contribution in [0.1, 0.15) is 5.56 Å².